The number of nitro benzene ring substituents is 1. The summed E-state index contributed by atoms with van der Waals surface area (Å²) in [7, 11) is 0. The molecule has 1 saturated heterocycles. The van der Waals surface area contributed by atoms with Gasteiger partial charge in [0.05, 0.1) is 17.0 Å². The molecule has 0 saturated carbocycles. The predicted molar refractivity (Wildman–Crippen MR) is 89.1 cm³/mol. The van der Waals surface area contributed by atoms with E-state index in [9.17, 15) is 19.7 Å². The molecule has 0 spiro atoms. The number of carbonyl (C=O) groups excluding carboxylic acids is 2. The zero-order valence-corrected chi connectivity index (χ0v) is 13.4. The zero-order chi connectivity index (χ0) is 17.1. The fraction of sp³-hybridized carbons (Fsp3) is 0.267. The van der Waals surface area contributed by atoms with Crippen LogP contribution >= 0.6 is 11.3 Å². The molecule has 124 valence electrons. The number of nitrogens with zero attached hydrogens (tertiary/aromatic N) is 3. The molecule has 1 N–H and O–H groups in total. The third kappa shape index (κ3) is 3.57. The van der Waals surface area contributed by atoms with Crippen LogP contribution in [0.1, 0.15) is 18.5 Å². The van der Waals surface area contributed by atoms with E-state index < -0.39 is 4.92 Å². The van der Waals surface area contributed by atoms with E-state index in [-0.39, 0.29) is 23.9 Å². The first kappa shape index (κ1) is 16.1. The molecule has 1 aliphatic heterocycles. The van der Waals surface area contributed by atoms with Crippen LogP contribution in [0.5, 0.6) is 0 Å². The van der Waals surface area contributed by atoms with E-state index in [0.717, 1.165) is 6.42 Å². The summed E-state index contributed by atoms with van der Waals surface area (Å²) in [5, 5.41) is 15.6. The van der Waals surface area contributed by atoms with Gasteiger partial charge in [-0.15, -0.1) is 11.3 Å². The molecule has 9 heteroatoms. The lowest BCUT2D eigenvalue weighted by atomic mass is 10.2. The molecular formula is C15H14N4O4S. The van der Waals surface area contributed by atoms with Gasteiger partial charge in [-0.1, -0.05) is 0 Å². The molecule has 2 heterocycles. The molecule has 2 amide bonds. The fourth-order valence-electron chi connectivity index (χ4n) is 2.39. The highest BCUT2D eigenvalue weighted by Gasteiger charge is 2.24. The number of thiazole rings is 1. The van der Waals surface area contributed by atoms with Gasteiger partial charge in [0.1, 0.15) is 0 Å². The number of hydrogen-bond donors (Lipinski definition) is 1. The molecule has 0 bridgehead atoms. The number of anilines is 2. The van der Waals surface area contributed by atoms with Crippen LogP contribution < -0.4 is 10.2 Å². The Labute approximate surface area is 141 Å². The number of carbonyl (C=O) groups is 2. The Morgan fingerprint density at radius 1 is 1.38 bits per heavy atom. The average Bonchev–Trinajstić information content (AvgIpc) is 3.16. The molecule has 3 rings (SSSR count). The summed E-state index contributed by atoms with van der Waals surface area (Å²) in [6, 6.07) is 5.61. The highest BCUT2D eigenvalue weighted by molar-refractivity contribution is 7.14. The van der Waals surface area contributed by atoms with Gasteiger partial charge in [-0.25, -0.2) is 4.98 Å². The molecule has 0 radical (unpaired) electrons. The van der Waals surface area contributed by atoms with Crippen LogP contribution in [0.3, 0.4) is 0 Å². The number of nitrogens with one attached hydrogen (secondary N) is 1. The summed E-state index contributed by atoms with van der Waals surface area (Å²) >= 11 is 1.34. The lowest BCUT2D eigenvalue weighted by molar-refractivity contribution is -0.384. The van der Waals surface area contributed by atoms with Crippen LogP contribution in [0.15, 0.2) is 29.6 Å². The van der Waals surface area contributed by atoms with Crippen LogP contribution in [0, 0.1) is 10.1 Å². The predicted octanol–water partition coefficient (Wildman–Crippen LogP) is 2.36. The van der Waals surface area contributed by atoms with Crippen molar-refractivity contribution in [1.29, 1.82) is 0 Å². The molecule has 0 atom stereocenters. The van der Waals surface area contributed by atoms with Crippen molar-refractivity contribution in [3.63, 3.8) is 0 Å². The number of non-ortho nitro benzene ring substituents is 1. The van der Waals surface area contributed by atoms with Gasteiger partial charge in [-0.3, -0.25) is 24.6 Å². The second-order valence-electron chi connectivity index (χ2n) is 5.30. The van der Waals surface area contributed by atoms with Crippen LogP contribution in [0.4, 0.5) is 16.5 Å². The van der Waals surface area contributed by atoms with Crippen LogP contribution in [-0.4, -0.2) is 28.3 Å². The second kappa shape index (κ2) is 6.75. The Morgan fingerprint density at radius 2 is 2.12 bits per heavy atom. The van der Waals surface area contributed by atoms with E-state index in [0.29, 0.717) is 29.5 Å². The van der Waals surface area contributed by atoms with E-state index in [2.05, 4.69) is 10.3 Å². The number of hydrogen-bond acceptors (Lipinski definition) is 6. The largest absolute Gasteiger partial charge is 0.326 e. The van der Waals surface area contributed by atoms with E-state index in [1.165, 1.54) is 35.6 Å². The summed E-state index contributed by atoms with van der Waals surface area (Å²) in [5.41, 5.74) is 1.04. The van der Waals surface area contributed by atoms with Crippen molar-refractivity contribution in [3.8, 4) is 0 Å². The Morgan fingerprint density at radius 3 is 2.75 bits per heavy atom. The molecule has 1 fully saturated rings. The van der Waals surface area contributed by atoms with E-state index in [1.54, 1.807) is 10.3 Å². The van der Waals surface area contributed by atoms with Crippen molar-refractivity contribution in [2.45, 2.75) is 19.3 Å². The molecule has 1 aromatic carbocycles. The fourth-order valence-corrected chi connectivity index (χ4v) is 3.26. The lowest BCUT2D eigenvalue weighted by Gasteiger charge is -2.10. The standard InChI is InChI=1S/C15H14N4O4S/c20-13(16-10-3-5-12(6-4-10)19(22)23)8-11-9-24-15(17-11)18-7-1-2-14(18)21/h3-6,9H,1-2,7-8H2,(H,16,20). The van der Waals surface area contributed by atoms with Crippen LogP contribution in [-0.2, 0) is 16.0 Å². The van der Waals surface area contributed by atoms with E-state index in [4.69, 9.17) is 0 Å². The minimum Gasteiger partial charge on any atom is -0.326 e. The highest BCUT2D eigenvalue weighted by atomic mass is 32.1. The first-order valence-corrected chi connectivity index (χ1v) is 8.20. The molecule has 8 nitrogen and oxygen atoms in total. The van der Waals surface area contributed by atoms with Gasteiger partial charge in [-0.05, 0) is 18.6 Å². The smallest absolute Gasteiger partial charge is 0.269 e. The molecule has 0 unspecified atom stereocenters. The third-order valence-corrected chi connectivity index (χ3v) is 4.46. The SMILES string of the molecule is O=C(Cc1csc(N2CCCC2=O)n1)Nc1ccc([N+](=O)[O-])cc1. The Hall–Kier alpha value is -2.81. The van der Waals surface area contributed by atoms with Crippen LogP contribution in [0.25, 0.3) is 0 Å². The first-order valence-electron chi connectivity index (χ1n) is 7.32. The molecular weight excluding hydrogens is 332 g/mol. The second-order valence-corrected chi connectivity index (χ2v) is 6.14. The van der Waals surface area contributed by atoms with Crippen molar-refractivity contribution >= 4 is 39.7 Å². The highest BCUT2D eigenvalue weighted by Crippen LogP contribution is 2.25. The van der Waals surface area contributed by atoms with Gasteiger partial charge in [-0.2, -0.15) is 0 Å². The summed E-state index contributed by atoms with van der Waals surface area (Å²) in [6.07, 6.45) is 1.44. The molecule has 0 aliphatic carbocycles. The maximum Gasteiger partial charge on any atom is 0.269 e. The van der Waals surface area contributed by atoms with E-state index >= 15 is 0 Å². The van der Waals surface area contributed by atoms with Crippen molar-refractivity contribution in [2.24, 2.45) is 0 Å². The summed E-state index contributed by atoms with van der Waals surface area (Å²) in [6.45, 7) is 0.667. The van der Waals surface area contributed by atoms with Gasteiger partial charge in [0.2, 0.25) is 11.8 Å². The summed E-state index contributed by atoms with van der Waals surface area (Å²) < 4.78 is 0. The number of nitro groups is 1. The third-order valence-electron chi connectivity index (χ3n) is 3.55. The maximum atomic E-state index is 12.0. The molecule has 24 heavy (non-hydrogen) atoms. The van der Waals surface area contributed by atoms with Gasteiger partial charge < -0.3 is 5.32 Å². The minimum absolute atomic E-state index is 0.0348. The first-order chi connectivity index (χ1) is 11.5. The topological polar surface area (TPSA) is 105 Å². The maximum absolute atomic E-state index is 12.0. The summed E-state index contributed by atoms with van der Waals surface area (Å²) in [4.78, 5) is 39.8. The zero-order valence-electron chi connectivity index (χ0n) is 12.6. The van der Waals surface area contributed by atoms with Crippen molar-refractivity contribution < 1.29 is 14.5 Å². The van der Waals surface area contributed by atoms with Crippen molar-refractivity contribution in [3.05, 3.63) is 45.5 Å². The molecule has 1 aliphatic rings. The van der Waals surface area contributed by atoms with E-state index in [1.807, 2.05) is 0 Å². The van der Waals surface area contributed by atoms with Gasteiger partial charge in [0.25, 0.3) is 5.69 Å². The monoisotopic (exact) mass is 346 g/mol. The lowest BCUT2D eigenvalue weighted by Crippen LogP contribution is -2.23. The number of amides is 2. The van der Waals surface area contributed by atoms with Gasteiger partial charge in [0, 0.05) is 36.2 Å². The normalized spacial score (nSPS) is 14.0. The molecule has 2 aromatic rings. The molecule has 1 aromatic heterocycles. The number of rotatable bonds is 5. The average molecular weight is 346 g/mol. The Balaban J connectivity index is 1.59. The Bertz CT molecular complexity index is 787. The van der Waals surface area contributed by atoms with Crippen molar-refractivity contribution in [2.75, 3.05) is 16.8 Å². The summed E-state index contributed by atoms with van der Waals surface area (Å²) in [5.74, 6) is -0.209. The Kier molecular flexibility index (Phi) is 4.52. The number of benzene rings is 1. The van der Waals surface area contributed by atoms with Crippen molar-refractivity contribution in [1.82, 2.24) is 4.98 Å². The van der Waals surface area contributed by atoms with Gasteiger partial charge in [0.15, 0.2) is 5.13 Å². The minimum atomic E-state index is -0.498. The van der Waals surface area contributed by atoms with Gasteiger partial charge >= 0.3 is 0 Å². The number of aromatic nitrogens is 1. The quantitative estimate of drug-likeness (QED) is 0.661. The van der Waals surface area contributed by atoms with Crippen LogP contribution in [0.2, 0.25) is 0 Å².